The summed E-state index contributed by atoms with van der Waals surface area (Å²) in [6, 6.07) is 12.0. The van der Waals surface area contributed by atoms with Crippen LogP contribution in [0, 0.1) is 0 Å². The number of rotatable bonds is 7. The van der Waals surface area contributed by atoms with Crippen LogP contribution in [0.25, 0.3) is 28.7 Å². The first kappa shape index (κ1) is 24.4. The number of carboxylic acid groups (broad SMARTS) is 1. The first-order chi connectivity index (χ1) is 18.9. The molecule has 0 aliphatic heterocycles. The zero-order valence-corrected chi connectivity index (χ0v) is 22.3. The van der Waals surface area contributed by atoms with E-state index in [1.807, 2.05) is 18.2 Å². The van der Waals surface area contributed by atoms with E-state index in [1.165, 1.54) is 11.1 Å². The zero-order valence-electron chi connectivity index (χ0n) is 20.8. The summed E-state index contributed by atoms with van der Waals surface area (Å²) in [6.45, 7) is 0. The molecule has 196 valence electrons. The van der Waals surface area contributed by atoms with Crippen LogP contribution in [0.5, 0.6) is 0 Å². The van der Waals surface area contributed by atoms with Gasteiger partial charge in [0.25, 0.3) is 0 Å². The molecule has 9 heteroatoms. The van der Waals surface area contributed by atoms with Crippen LogP contribution >= 0.6 is 23.2 Å². The summed E-state index contributed by atoms with van der Waals surface area (Å²) < 4.78 is 11.5. The molecule has 0 atom stereocenters. The van der Waals surface area contributed by atoms with E-state index in [0.717, 1.165) is 49.8 Å². The van der Waals surface area contributed by atoms with Gasteiger partial charge in [-0.1, -0.05) is 63.4 Å². The van der Waals surface area contributed by atoms with Gasteiger partial charge in [0.05, 0.1) is 21.0 Å². The van der Waals surface area contributed by atoms with Gasteiger partial charge >= 0.3 is 5.97 Å². The van der Waals surface area contributed by atoms with Crippen molar-refractivity contribution >= 4 is 35.2 Å². The lowest BCUT2D eigenvalue weighted by atomic mass is 9.57. The van der Waals surface area contributed by atoms with Crippen LogP contribution in [0.2, 0.25) is 10.0 Å². The van der Waals surface area contributed by atoms with Crippen LogP contribution in [-0.2, 0) is 5.41 Å². The smallest absolute Gasteiger partial charge is 0.335 e. The van der Waals surface area contributed by atoms with Crippen molar-refractivity contribution in [3.8, 4) is 22.6 Å². The summed E-state index contributed by atoms with van der Waals surface area (Å²) in [5.74, 6) is 1.33. The molecule has 2 aromatic carbocycles. The number of allylic oxidation sites excluding steroid dienone is 3. The Morgan fingerprint density at radius 3 is 2.49 bits per heavy atom. The third-order valence-corrected chi connectivity index (χ3v) is 8.66. The van der Waals surface area contributed by atoms with Gasteiger partial charge < -0.3 is 14.2 Å². The number of hydrogen-bond donors (Lipinski definition) is 1. The number of carboxylic acids is 1. The highest BCUT2D eigenvalue weighted by Crippen LogP contribution is 2.56. The van der Waals surface area contributed by atoms with Crippen molar-refractivity contribution in [3.05, 3.63) is 92.5 Å². The molecule has 0 spiro atoms. The van der Waals surface area contributed by atoms with Crippen molar-refractivity contribution in [3.63, 3.8) is 0 Å². The van der Waals surface area contributed by atoms with Gasteiger partial charge in [-0.3, -0.25) is 0 Å². The number of nitrogens with zero attached hydrogens (tertiary/aromatic N) is 3. The Morgan fingerprint density at radius 1 is 1.03 bits per heavy atom. The molecule has 4 aliphatic rings. The van der Waals surface area contributed by atoms with Gasteiger partial charge in [-0.25, -0.2) is 4.79 Å². The molecule has 7 nitrogen and oxygen atoms in total. The van der Waals surface area contributed by atoms with E-state index in [-0.39, 0.29) is 11.0 Å². The Bertz CT molecular complexity index is 1670. The first-order valence-electron chi connectivity index (χ1n) is 12.9. The van der Waals surface area contributed by atoms with E-state index in [4.69, 9.17) is 32.2 Å². The predicted octanol–water partition coefficient (Wildman–Crippen LogP) is 8.11. The van der Waals surface area contributed by atoms with E-state index in [2.05, 4.69) is 27.4 Å². The van der Waals surface area contributed by atoms with Gasteiger partial charge in [0.15, 0.2) is 0 Å². The second-order valence-electron chi connectivity index (χ2n) is 10.6. The van der Waals surface area contributed by atoms with Crippen molar-refractivity contribution in [2.24, 2.45) is 0 Å². The van der Waals surface area contributed by atoms with Crippen LogP contribution in [0.1, 0.15) is 72.0 Å². The maximum absolute atomic E-state index is 11.3. The molecule has 0 saturated heterocycles. The Morgan fingerprint density at radius 2 is 1.79 bits per heavy atom. The molecule has 4 aliphatic carbocycles. The van der Waals surface area contributed by atoms with Crippen molar-refractivity contribution in [1.82, 2.24) is 15.3 Å². The van der Waals surface area contributed by atoms with Crippen molar-refractivity contribution in [1.29, 1.82) is 0 Å². The lowest BCUT2D eigenvalue weighted by molar-refractivity contribution is 0.0697. The predicted molar refractivity (Wildman–Crippen MR) is 147 cm³/mol. The van der Waals surface area contributed by atoms with E-state index in [0.29, 0.717) is 44.5 Å². The standard InChI is InChI=1S/C30H23Cl2N3O4/c31-22-5-2-6-23(32)24(22)25-21(26(38-34-25)17-7-8-17)10-9-16-11-12-30(14-20(16)15-30)29-33-27(35-39-29)18-3-1-4-19(13-18)28(36)37/h1-6,9-10,13,17H,7-8,11-12,14-15H2,(H,36,37)/b10-9-. The van der Waals surface area contributed by atoms with Crippen molar-refractivity contribution < 1.29 is 18.9 Å². The summed E-state index contributed by atoms with van der Waals surface area (Å²) in [7, 11) is 0. The molecule has 2 heterocycles. The number of aromatic nitrogens is 3. The summed E-state index contributed by atoms with van der Waals surface area (Å²) in [5, 5.41) is 18.9. The normalized spacial score (nSPS) is 18.0. The summed E-state index contributed by atoms with van der Waals surface area (Å²) in [4.78, 5) is 16.0. The van der Waals surface area contributed by atoms with Gasteiger partial charge in [-0.2, -0.15) is 4.98 Å². The Hall–Kier alpha value is -3.68. The quantitative estimate of drug-likeness (QED) is 0.244. The second kappa shape index (κ2) is 9.21. The third kappa shape index (κ3) is 4.21. The topological polar surface area (TPSA) is 102 Å². The molecule has 8 rings (SSSR count). The van der Waals surface area contributed by atoms with Crippen LogP contribution in [0.15, 0.2) is 68.7 Å². The number of benzene rings is 2. The number of hydrogen-bond acceptors (Lipinski definition) is 6. The minimum absolute atomic E-state index is 0.158. The maximum atomic E-state index is 11.3. The summed E-state index contributed by atoms with van der Waals surface area (Å²) in [5.41, 5.74) is 5.68. The molecule has 0 amide bonds. The molecule has 2 fully saturated rings. The summed E-state index contributed by atoms with van der Waals surface area (Å²) >= 11 is 13.0. The van der Waals surface area contributed by atoms with E-state index < -0.39 is 5.97 Å². The second-order valence-corrected chi connectivity index (χ2v) is 11.4. The largest absolute Gasteiger partial charge is 0.478 e. The SMILES string of the molecule is O=C(O)c1cccc(-c2noc(C34CCC(/C=C\c5c(-c6c(Cl)cccc6Cl)noc5C5CC5)=C(C3)C4)n2)c1. The van der Waals surface area contributed by atoms with Gasteiger partial charge in [-0.15, -0.1) is 0 Å². The van der Waals surface area contributed by atoms with E-state index in [1.54, 1.807) is 24.3 Å². The van der Waals surface area contributed by atoms with Gasteiger partial charge in [-0.05, 0) is 74.4 Å². The van der Waals surface area contributed by atoms with Crippen molar-refractivity contribution in [2.45, 2.75) is 49.9 Å². The van der Waals surface area contributed by atoms with Gasteiger partial charge in [0.2, 0.25) is 11.7 Å². The Kier molecular flexibility index (Phi) is 5.75. The average molecular weight is 560 g/mol. The lowest BCUT2D eigenvalue weighted by Crippen LogP contribution is -2.40. The molecule has 0 unspecified atom stereocenters. The fourth-order valence-corrected chi connectivity index (χ4v) is 6.30. The number of halogens is 2. The Labute approximate surface area is 234 Å². The highest BCUT2D eigenvalue weighted by atomic mass is 35.5. The minimum Gasteiger partial charge on any atom is -0.478 e. The van der Waals surface area contributed by atoms with Gasteiger partial charge in [0.1, 0.15) is 11.5 Å². The molecule has 2 bridgehead atoms. The molecule has 39 heavy (non-hydrogen) atoms. The highest BCUT2D eigenvalue weighted by Gasteiger charge is 2.50. The highest BCUT2D eigenvalue weighted by molar-refractivity contribution is 6.39. The average Bonchev–Trinajstić information content (AvgIpc) is 3.48. The van der Waals surface area contributed by atoms with E-state index in [9.17, 15) is 9.90 Å². The first-order valence-corrected chi connectivity index (χ1v) is 13.7. The van der Waals surface area contributed by atoms with Crippen LogP contribution in [0.3, 0.4) is 0 Å². The Balaban J connectivity index is 1.14. The number of fused-ring (bicyclic) bond motifs is 2. The number of carbonyl (C=O) groups is 1. The molecule has 4 aromatic rings. The lowest BCUT2D eigenvalue weighted by Gasteiger charge is -2.46. The molecular formula is C30H23Cl2N3O4. The zero-order chi connectivity index (χ0) is 26.7. The molecular weight excluding hydrogens is 537 g/mol. The molecule has 2 aromatic heterocycles. The monoisotopic (exact) mass is 559 g/mol. The van der Waals surface area contributed by atoms with E-state index >= 15 is 0 Å². The van der Waals surface area contributed by atoms with Gasteiger partial charge in [0, 0.05) is 22.6 Å². The van der Waals surface area contributed by atoms with Crippen molar-refractivity contribution in [2.75, 3.05) is 0 Å². The van der Waals surface area contributed by atoms with Crippen LogP contribution < -0.4 is 0 Å². The fraction of sp³-hybridized carbons (Fsp3) is 0.267. The fourth-order valence-electron chi connectivity index (χ4n) is 5.73. The van der Waals surface area contributed by atoms with Crippen LogP contribution in [-0.4, -0.2) is 26.4 Å². The molecule has 0 radical (unpaired) electrons. The maximum Gasteiger partial charge on any atom is 0.335 e. The summed E-state index contributed by atoms with van der Waals surface area (Å²) in [6.07, 6.45) is 10.00. The molecule has 1 N–H and O–H groups in total. The third-order valence-electron chi connectivity index (χ3n) is 8.03. The number of aromatic carboxylic acids is 1. The minimum atomic E-state index is -0.988. The molecule has 2 saturated carbocycles. The van der Waals surface area contributed by atoms with Crippen LogP contribution in [0.4, 0.5) is 0 Å².